The molecule has 2 rings (SSSR count). The normalized spacial score (nSPS) is 10.2. The van der Waals surface area contributed by atoms with Crippen LogP contribution in [0.4, 0.5) is 0 Å². The van der Waals surface area contributed by atoms with Crippen LogP contribution in [-0.4, -0.2) is 0 Å². The van der Waals surface area contributed by atoms with Gasteiger partial charge in [0.05, 0.1) is 0 Å². The second-order valence-electron chi connectivity index (χ2n) is 1.87. The van der Waals surface area contributed by atoms with Crippen LogP contribution in [0.1, 0.15) is 0 Å². The van der Waals surface area contributed by atoms with Gasteiger partial charge in [-0.1, -0.05) is 12.1 Å². The number of benzene rings is 1. The highest BCUT2D eigenvalue weighted by Gasteiger charge is 1.88. The van der Waals surface area contributed by atoms with E-state index in [1.807, 2.05) is 12.1 Å². The SMILES string of the molecule is [c]1cccc2sccc12. The van der Waals surface area contributed by atoms with Gasteiger partial charge < -0.3 is 0 Å². The van der Waals surface area contributed by atoms with E-state index in [9.17, 15) is 0 Å². The molecule has 0 aliphatic carbocycles. The van der Waals surface area contributed by atoms with E-state index in [1.165, 1.54) is 10.1 Å². The van der Waals surface area contributed by atoms with Crippen LogP contribution in [0.15, 0.2) is 29.6 Å². The third-order valence-electron chi connectivity index (χ3n) is 1.28. The highest BCUT2D eigenvalue weighted by molar-refractivity contribution is 7.17. The monoisotopic (exact) mass is 133 g/mol. The number of rotatable bonds is 0. The molecule has 0 saturated carbocycles. The lowest BCUT2D eigenvalue weighted by Crippen LogP contribution is -1.57. The second-order valence-corrected chi connectivity index (χ2v) is 2.82. The third-order valence-corrected chi connectivity index (χ3v) is 2.16. The Bertz CT molecular complexity index is 279. The number of hydrogen-bond donors (Lipinski definition) is 0. The first kappa shape index (κ1) is 5.00. The Balaban J connectivity index is 2.95. The molecule has 1 heterocycles. The van der Waals surface area contributed by atoms with Crippen molar-refractivity contribution >= 4 is 21.4 Å². The average Bonchev–Trinajstić information content (AvgIpc) is 2.33. The van der Waals surface area contributed by atoms with Gasteiger partial charge in [0.15, 0.2) is 0 Å². The summed E-state index contributed by atoms with van der Waals surface area (Å²) in [7, 11) is 0. The first-order valence-electron chi connectivity index (χ1n) is 2.81. The molecule has 0 N–H and O–H groups in total. The Hall–Kier alpha value is -0.820. The lowest BCUT2D eigenvalue weighted by molar-refractivity contribution is 1.84. The molecule has 0 fully saturated rings. The van der Waals surface area contributed by atoms with Gasteiger partial charge in [-0.15, -0.1) is 11.3 Å². The summed E-state index contributed by atoms with van der Waals surface area (Å²) in [6.07, 6.45) is 0. The van der Waals surface area contributed by atoms with Crippen molar-refractivity contribution in [3.63, 3.8) is 0 Å². The Kier molecular flexibility index (Phi) is 1.03. The Morgan fingerprint density at radius 2 is 2.33 bits per heavy atom. The summed E-state index contributed by atoms with van der Waals surface area (Å²) in [5, 5.41) is 3.31. The predicted molar refractivity (Wildman–Crippen MR) is 40.7 cm³/mol. The molecule has 1 radical (unpaired) electrons. The summed E-state index contributed by atoms with van der Waals surface area (Å²) in [5.41, 5.74) is 0. The molecule has 9 heavy (non-hydrogen) atoms. The second kappa shape index (κ2) is 1.85. The van der Waals surface area contributed by atoms with Gasteiger partial charge in [-0.25, -0.2) is 0 Å². The summed E-state index contributed by atoms with van der Waals surface area (Å²) < 4.78 is 1.32. The van der Waals surface area contributed by atoms with E-state index in [0.29, 0.717) is 0 Å². The molecule has 1 aromatic carbocycles. The summed E-state index contributed by atoms with van der Waals surface area (Å²) in [6, 6.07) is 11.3. The topological polar surface area (TPSA) is 0 Å². The Morgan fingerprint density at radius 3 is 3.22 bits per heavy atom. The van der Waals surface area contributed by atoms with Crippen molar-refractivity contribution in [2.45, 2.75) is 0 Å². The summed E-state index contributed by atoms with van der Waals surface area (Å²) >= 11 is 1.76. The molecule has 1 aromatic heterocycles. The first-order chi connectivity index (χ1) is 4.47. The summed E-state index contributed by atoms with van der Waals surface area (Å²) in [4.78, 5) is 0. The molecule has 0 spiro atoms. The maximum absolute atomic E-state index is 3.14. The van der Waals surface area contributed by atoms with Crippen molar-refractivity contribution in [1.82, 2.24) is 0 Å². The molecule has 0 atom stereocenters. The fraction of sp³-hybridized carbons (Fsp3) is 0. The minimum absolute atomic E-state index is 1.22. The summed E-state index contributed by atoms with van der Waals surface area (Å²) in [6.45, 7) is 0. The zero-order valence-electron chi connectivity index (χ0n) is 4.79. The van der Waals surface area contributed by atoms with Gasteiger partial charge in [-0.3, -0.25) is 0 Å². The number of fused-ring (bicyclic) bond motifs is 1. The number of thiophene rings is 1. The van der Waals surface area contributed by atoms with Crippen LogP contribution in [0, 0.1) is 6.07 Å². The molecule has 0 saturated heterocycles. The Morgan fingerprint density at radius 1 is 1.33 bits per heavy atom. The van der Waals surface area contributed by atoms with Crippen molar-refractivity contribution in [2.24, 2.45) is 0 Å². The maximum Gasteiger partial charge on any atom is 0.0348 e. The van der Waals surface area contributed by atoms with E-state index >= 15 is 0 Å². The van der Waals surface area contributed by atoms with Gasteiger partial charge in [-0.2, -0.15) is 0 Å². The predicted octanol–water partition coefficient (Wildman–Crippen LogP) is 2.70. The fourth-order valence-electron chi connectivity index (χ4n) is 0.843. The van der Waals surface area contributed by atoms with Crippen molar-refractivity contribution in [1.29, 1.82) is 0 Å². The van der Waals surface area contributed by atoms with Gasteiger partial charge in [0.2, 0.25) is 0 Å². The van der Waals surface area contributed by atoms with Gasteiger partial charge in [-0.05, 0) is 23.6 Å². The zero-order chi connectivity index (χ0) is 6.10. The molecule has 1 heteroatoms. The molecule has 0 aliphatic rings. The summed E-state index contributed by atoms with van der Waals surface area (Å²) in [5.74, 6) is 0. The van der Waals surface area contributed by atoms with Gasteiger partial charge in [0.1, 0.15) is 0 Å². The standard InChI is InChI=1S/C8H5S/c1-2-4-8-7(3-1)5-6-9-8/h1-2,4-6H. The maximum atomic E-state index is 3.14. The highest BCUT2D eigenvalue weighted by Crippen LogP contribution is 2.18. The van der Waals surface area contributed by atoms with E-state index in [1.54, 1.807) is 11.3 Å². The van der Waals surface area contributed by atoms with Crippen LogP contribution in [0.3, 0.4) is 0 Å². The number of hydrogen-bond acceptors (Lipinski definition) is 1. The van der Waals surface area contributed by atoms with E-state index in [0.717, 1.165) is 0 Å². The minimum atomic E-state index is 1.22. The molecule has 0 bridgehead atoms. The molecule has 43 valence electrons. The molecular formula is C8H5S. The van der Waals surface area contributed by atoms with Crippen LogP contribution in [0.2, 0.25) is 0 Å². The van der Waals surface area contributed by atoms with Crippen LogP contribution in [0.25, 0.3) is 10.1 Å². The van der Waals surface area contributed by atoms with Crippen LogP contribution < -0.4 is 0 Å². The third kappa shape index (κ3) is 0.736. The molecule has 0 amide bonds. The molecular weight excluding hydrogens is 128 g/mol. The highest BCUT2D eigenvalue weighted by atomic mass is 32.1. The van der Waals surface area contributed by atoms with E-state index in [-0.39, 0.29) is 0 Å². The fourth-order valence-corrected chi connectivity index (χ4v) is 1.60. The van der Waals surface area contributed by atoms with E-state index < -0.39 is 0 Å². The molecule has 2 aromatic rings. The zero-order valence-corrected chi connectivity index (χ0v) is 5.61. The first-order valence-corrected chi connectivity index (χ1v) is 3.69. The van der Waals surface area contributed by atoms with Gasteiger partial charge in [0.25, 0.3) is 0 Å². The van der Waals surface area contributed by atoms with E-state index in [2.05, 4.69) is 23.6 Å². The van der Waals surface area contributed by atoms with Crippen LogP contribution in [-0.2, 0) is 0 Å². The average molecular weight is 133 g/mol. The Labute approximate surface area is 57.8 Å². The minimum Gasteiger partial charge on any atom is -0.144 e. The van der Waals surface area contributed by atoms with Crippen molar-refractivity contribution in [3.05, 3.63) is 35.7 Å². The molecule has 0 aliphatic heterocycles. The van der Waals surface area contributed by atoms with Gasteiger partial charge >= 0.3 is 0 Å². The van der Waals surface area contributed by atoms with Crippen molar-refractivity contribution in [3.8, 4) is 0 Å². The van der Waals surface area contributed by atoms with Gasteiger partial charge in [0, 0.05) is 10.1 Å². The van der Waals surface area contributed by atoms with E-state index in [4.69, 9.17) is 0 Å². The lowest BCUT2D eigenvalue weighted by atomic mass is 10.3. The van der Waals surface area contributed by atoms with Crippen molar-refractivity contribution in [2.75, 3.05) is 0 Å². The quantitative estimate of drug-likeness (QED) is 0.518. The lowest BCUT2D eigenvalue weighted by Gasteiger charge is -1.81. The molecule has 0 nitrogen and oxygen atoms in total. The smallest absolute Gasteiger partial charge is 0.0348 e. The molecule has 0 unspecified atom stereocenters. The van der Waals surface area contributed by atoms with Crippen LogP contribution >= 0.6 is 11.3 Å². The van der Waals surface area contributed by atoms with Crippen molar-refractivity contribution < 1.29 is 0 Å². The van der Waals surface area contributed by atoms with Crippen LogP contribution in [0.5, 0.6) is 0 Å². The largest absolute Gasteiger partial charge is 0.144 e.